The summed E-state index contributed by atoms with van der Waals surface area (Å²) in [6.45, 7) is 0. The van der Waals surface area contributed by atoms with E-state index in [1.54, 1.807) is 0 Å². The normalized spacial score (nSPS) is 10.6. The van der Waals surface area contributed by atoms with E-state index < -0.39 is 15.0 Å². The molecule has 0 bridgehead atoms. The van der Waals surface area contributed by atoms with E-state index in [0.29, 0.717) is 0 Å². The topological polar surface area (TPSA) is 110 Å². The fourth-order valence-corrected chi connectivity index (χ4v) is 2.45. The molecule has 0 radical (unpaired) electrons. The molecule has 0 spiro atoms. The Balaban J connectivity index is 2.29. The first-order valence-corrected chi connectivity index (χ1v) is 7.02. The number of rotatable bonds is 4. The molecule has 21 heavy (non-hydrogen) atoms. The molecule has 0 heterocycles. The van der Waals surface area contributed by atoms with Gasteiger partial charge in [-0.15, -0.1) is 0 Å². The van der Waals surface area contributed by atoms with Gasteiger partial charge in [-0.2, -0.15) is 13.7 Å². The minimum absolute atomic E-state index is 0.00703. The van der Waals surface area contributed by atoms with E-state index in [9.17, 15) is 18.5 Å². The summed E-state index contributed by atoms with van der Waals surface area (Å²) in [5.41, 5.74) is 0.0341. The van der Waals surface area contributed by atoms with E-state index in [2.05, 4.69) is 0 Å². The molecule has 7 nitrogen and oxygen atoms in total. The van der Waals surface area contributed by atoms with Crippen molar-refractivity contribution in [1.82, 2.24) is 0 Å². The van der Waals surface area contributed by atoms with Gasteiger partial charge >= 0.3 is 10.1 Å². The highest BCUT2D eigenvalue weighted by Crippen LogP contribution is 2.21. The van der Waals surface area contributed by atoms with Gasteiger partial charge in [-0.1, -0.05) is 6.07 Å². The molecular formula is C13H8N2O5S. The summed E-state index contributed by atoms with van der Waals surface area (Å²) in [6.07, 6.45) is 0. The highest BCUT2D eigenvalue weighted by atomic mass is 32.2. The molecule has 0 aromatic heterocycles. The van der Waals surface area contributed by atoms with Crippen molar-refractivity contribution in [3.05, 3.63) is 64.2 Å². The summed E-state index contributed by atoms with van der Waals surface area (Å²) in [7, 11) is -4.11. The van der Waals surface area contributed by atoms with Crippen molar-refractivity contribution < 1.29 is 17.5 Å². The highest BCUT2D eigenvalue weighted by molar-refractivity contribution is 7.87. The van der Waals surface area contributed by atoms with Crippen LogP contribution in [0.3, 0.4) is 0 Å². The van der Waals surface area contributed by atoms with Gasteiger partial charge in [-0.05, 0) is 30.3 Å². The SMILES string of the molecule is N#Cc1cccc(OS(=O)(=O)c2ccc([N+](=O)[O-])cc2)c1. The van der Waals surface area contributed by atoms with Gasteiger partial charge in [0.05, 0.1) is 16.6 Å². The van der Waals surface area contributed by atoms with Crippen molar-refractivity contribution in [3.63, 3.8) is 0 Å². The molecule has 106 valence electrons. The Bertz CT molecular complexity index is 822. The monoisotopic (exact) mass is 304 g/mol. The average Bonchev–Trinajstić information content (AvgIpc) is 2.47. The molecule has 0 aliphatic rings. The highest BCUT2D eigenvalue weighted by Gasteiger charge is 2.18. The first-order valence-electron chi connectivity index (χ1n) is 5.61. The predicted octanol–water partition coefficient (Wildman–Crippen LogP) is 2.23. The van der Waals surface area contributed by atoms with E-state index in [1.807, 2.05) is 6.07 Å². The fourth-order valence-electron chi connectivity index (χ4n) is 1.53. The Morgan fingerprint density at radius 2 is 1.81 bits per heavy atom. The number of hydrogen-bond donors (Lipinski definition) is 0. The Hall–Kier alpha value is -2.92. The molecular weight excluding hydrogens is 296 g/mol. The molecule has 0 saturated heterocycles. The van der Waals surface area contributed by atoms with E-state index in [-0.39, 0.29) is 21.9 Å². The second-order valence-corrected chi connectivity index (χ2v) is 5.47. The van der Waals surface area contributed by atoms with E-state index >= 15 is 0 Å². The van der Waals surface area contributed by atoms with Crippen LogP contribution < -0.4 is 4.18 Å². The summed E-state index contributed by atoms with van der Waals surface area (Å²) in [5, 5.41) is 19.3. The van der Waals surface area contributed by atoms with Gasteiger partial charge in [0.15, 0.2) is 0 Å². The van der Waals surface area contributed by atoms with Gasteiger partial charge in [0.1, 0.15) is 10.6 Å². The standard InChI is InChI=1S/C13H8N2O5S/c14-9-10-2-1-3-12(8-10)20-21(18,19)13-6-4-11(5-7-13)15(16)17/h1-8H. The van der Waals surface area contributed by atoms with Crippen LogP contribution in [0.2, 0.25) is 0 Å². The Morgan fingerprint density at radius 3 is 2.38 bits per heavy atom. The van der Waals surface area contributed by atoms with Crippen LogP contribution in [-0.4, -0.2) is 13.3 Å². The van der Waals surface area contributed by atoms with E-state index in [4.69, 9.17) is 9.44 Å². The van der Waals surface area contributed by atoms with Crippen LogP contribution in [0.15, 0.2) is 53.4 Å². The molecule has 0 N–H and O–H groups in total. The van der Waals surface area contributed by atoms with Gasteiger partial charge in [0, 0.05) is 12.1 Å². The van der Waals surface area contributed by atoms with Crippen molar-refractivity contribution in [2.75, 3.05) is 0 Å². The van der Waals surface area contributed by atoms with Crippen molar-refractivity contribution in [2.45, 2.75) is 4.90 Å². The predicted molar refractivity (Wildman–Crippen MR) is 72.1 cm³/mol. The first kappa shape index (κ1) is 14.5. The largest absolute Gasteiger partial charge is 0.379 e. The molecule has 0 atom stereocenters. The van der Waals surface area contributed by atoms with Crippen LogP contribution in [0, 0.1) is 21.4 Å². The molecule has 0 fully saturated rings. The average molecular weight is 304 g/mol. The summed E-state index contributed by atoms with van der Waals surface area (Å²) in [6, 6.07) is 11.8. The first-order chi connectivity index (χ1) is 9.92. The fraction of sp³-hybridized carbons (Fsp3) is 0. The third kappa shape index (κ3) is 3.34. The van der Waals surface area contributed by atoms with Gasteiger partial charge in [0.25, 0.3) is 5.69 Å². The van der Waals surface area contributed by atoms with E-state index in [1.165, 1.54) is 24.3 Å². The molecule has 0 aliphatic carbocycles. The lowest BCUT2D eigenvalue weighted by molar-refractivity contribution is -0.384. The summed E-state index contributed by atoms with van der Waals surface area (Å²) in [4.78, 5) is 9.67. The van der Waals surface area contributed by atoms with Gasteiger partial charge in [-0.25, -0.2) is 0 Å². The van der Waals surface area contributed by atoms with Crippen molar-refractivity contribution in [3.8, 4) is 11.8 Å². The molecule has 0 amide bonds. The smallest absolute Gasteiger partial charge is 0.339 e. The second-order valence-electron chi connectivity index (χ2n) is 3.93. The van der Waals surface area contributed by atoms with Crippen LogP contribution in [0.4, 0.5) is 5.69 Å². The number of hydrogen-bond acceptors (Lipinski definition) is 6. The number of non-ortho nitro benzene ring substituents is 1. The molecule has 2 aromatic rings. The number of nitro groups is 1. The van der Waals surface area contributed by atoms with Crippen LogP contribution in [0.1, 0.15) is 5.56 Å². The maximum Gasteiger partial charge on any atom is 0.339 e. The Kier molecular flexibility index (Phi) is 3.86. The lowest BCUT2D eigenvalue weighted by Gasteiger charge is -2.06. The summed E-state index contributed by atoms with van der Waals surface area (Å²) < 4.78 is 28.9. The van der Waals surface area contributed by atoms with Gasteiger partial charge < -0.3 is 4.18 Å². The number of nitro benzene ring substituents is 1. The van der Waals surface area contributed by atoms with Crippen LogP contribution in [-0.2, 0) is 10.1 Å². The maximum absolute atomic E-state index is 12.0. The van der Waals surface area contributed by atoms with Crippen molar-refractivity contribution >= 4 is 15.8 Å². The Labute approximate surface area is 120 Å². The number of benzene rings is 2. The van der Waals surface area contributed by atoms with E-state index in [0.717, 1.165) is 24.3 Å². The second kappa shape index (κ2) is 5.60. The lowest BCUT2D eigenvalue weighted by atomic mass is 10.2. The third-order valence-corrected chi connectivity index (χ3v) is 3.77. The third-order valence-electron chi connectivity index (χ3n) is 2.51. The lowest BCUT2D eigenvalue weighted by Crippen LogP contribution is -2.09. The van der Waals surface area contributed by atoms with Crippen molar-refractivity contribution in [1.29, 1.82) is 5.26 Å². The zero-order valence-electron chi connectivity index (χ0n) is 10.5. The zero-order chi connectivity index (χ0) is 15.5. The van der Waals surface area contributed by atoms with Gasteiger partial charge in [0.2, 0.25) is 0 Å². The van der Waals surface area contributed by atoms with Crippen LogP contribution in [0.25, 0.3) is 0 Å². The quantitative estimate of drug-likeness (QED) is 0.486. The molecule has 0 unspecified atom stereocenters. The summed E-state index contributed by atoms with van der Waals surface area (Å²) in [5.74, 6) is -0.00703. The molecule has 8 heteroatoms. The van der Waals surface area contributed by atoms with Crippen LogP contribution in [0.5, 0.6) is 5.75 Å². The zero-order valence-corrected chi connectivity index (χ0v) is 11.3. The molecule has 2 aromatic carbocycles. The summed E-state index contributed by atoms with van der Waals surface area (Å²) >= 11 is 0. The maximum atomic E-state index is 12.0. The molecule has 0 aliphatic heterocycles. The molecule has 2 rings (SSSR count). The van der Waals surface area contributed by atoms with Crippen molar-refractivity contribution in [2.24, 2.45) is 0 Å². The van der Waals surface area contributed by atoms with Crippen LogP contribution >= 0.6 is 0 Å². The number of nitrogens with zero attached hydrogens (tertiary/aromatic N) is 2. The molecule has 0 saturated carbocycles. The van der Waals surface area contributed by atoms with Gasteiger partial charge in [-0.3, -0.25) is 10.1 Å². The minimum Gasteiger partial charge on any atom is -0.379 e. The Morgan fingerprint density at radius 1 is 1.14 bits per heavy atom. The minimum atomic E-state index is -4.11. The number of nitriles is 1.